The zero-order valence-corrected chi connectivity index (χ0v) is 10.1. The summed E-state index contributed by atoms with van der Waals surface area (Å²) in [5.74, 6) is 0. The molecule has 1 aromatic carbocycles. The van der Waals surface area contributed by atoms with Crippen molar-refractivity contribution in [2.45, 2.75) is 20.0 Å². The fourth-order valence-electron chi connectivity index (χ4n) is 2.04. The lowest BCUT2D eigenvalue weighted by atomic mass is 10.1. The second-order valence-electron chi connectivity index (χ2n) is 4.23. The van der Waals surface area contributed by atoms with E-state index in [0.29, 0.717) is 10.9 Å². The van der Waals surface area contributed by atoms with E-state index in [1.807, 2.05) is 19.1 Å². The van der Waals surface area contributed by atoms with E-state index in [9.17, 15) is 9.59 Å². The Hall–Kier alpha value is -1.88. The molecular formula is C12H15N3O2. The maximum atomic E-state index is 12.2. The quantitative estimate of drug-likeness (QED) is 0.779. The third kappa shape index (κ3) is 1.59. The Morgan fingerprint density at radius 2 is 1.94 bits per heavy atom. The largest absolute Gasteiger partial charge is 0.332 e. The van der Waals surface area contributed by atoms with Crippen molar-refractivity contribution in [3.63, 3.8) is 0 Å². The van der Waals surface area contributed by atoms with Gasteiger partial charge in [-0.3, -0.25) is 9.36 Å². The monoisotopic (exact) mass is 233 g/mol. The summed E-state index contributed by atoms with van der Waals surface area (Å²) in [6.07, 6.45) is -0.634. The van der Waals surface area contributed by atoms with Gasteiger partial charge in [-0.2, -0.15) is 0 Å². The van der Waals surface area contributed by atoms with Crippen molar-refractivity contribution < 1.29 is 0 Å². The molecule has 0 spiro atoms. The number of aryl methyl sites for hydroxylation is 2. The van der Waals surface area contributed by atoms with E-state index >= 15 is 0 Å². The predicted octanol–water partition coefficient (Wildman–Crippen LogP) is 0.486. The maximum Gasteiger partial charge on any atom is 0.332 e. The molecule has 17 heavy (non-hydrogen) atoms. The van der Waals surface area contributed by atoms with E-state index in [2.05, 4.69) is 0 Å². The Balaban J connectivity index is 3.13. The Morgan fingerprint density at radius 1 is 1.29 bits per heavy atom. The number of hydrogen-bond donors (Lipinski definition) is 1. The van der Waals surface area contributed by atoms with Crippen LogP contribution in [0, 0.1) is 6.92 Å². The van der Waals surface area contributed by atoms with Crippen LogP contribution in [0.1, 0.15) is 18.7 Å². The Kier molecular flexibility index (Phi) is 2.63. The number of nitrogens with zero attached hydrogens (tertiary/aromatic N) is 2. The Labute approximate surface area is 98.1 Å². The summed E-state index contributed by atoms with van der Waals surface area (Å²) in [5.41, 5.74) is 6.45. The molecule has 1 aromatic heterocycles. The molecule has 90 valence electrons. The van der Waals surface area contributed by atoms with E-state index in [-0.39, 0.29) is 11.2 Å². The lowest BCUT2D eigenvalue weighted by Gasteiger charge is -2.14. The first-order chi connectivity index (χ1) is 7.95. The predicted molar refractivity (Wildman–Crippen MR) is 67.1 cm³/mol. The third-order valence-electron chi connectivity index (χ3n) is 2.95. The highest BCUT2D eigenvalue weighted by Crippen LogP contribution is 2.12. The van der Waals surface area contributed by atoms with Crippen LogP contribution in [0.2, 0.25) is 0 Å². The highest BCUT2D eigenvalue weighted by molar-refractivity contribution is 5.81. The second kappa shape index (κ2) is 3.85. The summed E-state index contributed by atoms with van der Waals surface area (Å²) in [6, 6.07) is 5.43. The molecule has 0 fully saturated rings. The zero-order chi connectivity index (χ0) is 12.7. The van der Waals surface area contributed by atoms with Crippen LogP contribution in [-0.4, -0.2) is 9.13 Å². The van der Waals surface area contributed by atoms with Gasteiger partial charge in [-0.1, -0.05) is 12.1 Å². The van der Waals surface area contributed by atoms with Gasteiger partial charge in [0.05, 0.1) is 17.1 Å². The molecule has 2 rings (SSSR count). The van der Waals surface area contributed by atoms with Gasteiger partial charge in [-0.05, 0) is 25.5 Å². The van der Waals surface area contributed by atoms with Gasteiger partial charge in [-0.15, -0.1) is 0 Å². The molecule has 1 atom stereocenters. The number of hydrogen-bond acceptors (Lipinski definition) is 3. The summed E-state index contributed by atoms with van der Waals surface area (Å²) in [6.45, 7) is 3.46. The summed E-state index contributed by atoms with van der Waals surface area (Å²) in [4.78, 5) is 24.2. The van der Waals surface area contributed by atoms with Gasteiger partial charge >= 0.3 is 5.69 Å². The van der Waals surface area contributed by atoms with Crippen LogP contribution in [0.4, 0.5) is 0 Å². The minimum absolute atomic E-state index is 0.323. The number of fused-ring (bicyclic) bond motifs is 1. The number of aromatic nitrogens is 2. The van der Waals surface area contributed by atoms with Gasteiger partial charge in [0.25, 0.3) is 5.56 Å². The van der Waals surface area contributed by atoms with Gasteiger partial charge in [0, 0.05) is 7.05 Å². The fraction of sp³-hybridized carbons (Fsp3) is 0.333. The molecule has 0 radical (unpaired) electrons. The zero-order valence-electron chi connectivity index (χ0n) is 10.1. The van der Waals surface area contributed by atoms with Crippen LogP contribution in [0.5, 0.6) is 0 Å². The van der Waals surface area contributed by atoms with Crippen LogP contribution in [0.25, 0.3) is 10.9 Å². The molecule has 0 aliphatic rings. The summed E-state index contributed by atoms with van der Waals surface area (Å²) < 4.78 is 2.53. The first-order valence-corrected chi connectivity index (χ1v) is 5.41. The first kappa shape index (κ1) is 11.6. The Bertz CT molecular complexity index is 695. The van der Waals surface area contributed by atoms with Crippen molar-refractivity contribution in [3.05, 3.63) is 44.6 Å². The average molecular weight is 233 g/mol. The van der Waals surface area contributed by atoms with E-state index in [0.717, 1.165) is 10.1 Å². The molecular weight excluding hydrogens is 218 g/mol. The SMILES string of the molecule is Cc1cccc2c1c(=O)n(C(C)N)c(=O)n2C. The van der Waals surface area contributed by atoms with Crippen molar-refractivity contribution in [3.8, 4) is 0 Å². The molecule has 0 aliphatic heterocycles. The van der Waals surface area contributed by atoms with Crippen molar-refractivity contribution in [1.29, 1.82) is 0 Å². The van der Waals surface area contributed by atoms with Crippen LogP contribution in [0.3, 0.4) is 0 Å². The second-order valence-corrected chi connectivity index (χ2v) is 4.23. The van der Waals surface area contributed by atoms with Crippen molar-refractivity contribution in [2.24, 2.45) is 12.8 Å². The van der Waals surface area contributed by atoms with Crippen LogP contribution in [-0.2, 0) is 7.05 Å². The molecule has 2 N–H and O–H groups in total. The van der Waals surface area contributed by atoms with Crippen LogP contribution < -0.4 is 17.0 Å². The smallest absolute Gasteiger partial charge is 0.311 e. The average Bonchev–Trinajstić information content (AvgIpc) is 2.25. The normalized spacial score (nSPS) is 12.9. The molecule has 0 saturated carbocycles. The highest BCUT2D eigenvalue weighted by Gasteiger charge is 2.14. The van der Waals surface area contributed by atoms with Crippen LogP contribution >= 0.6 is 0 Å². The molecule has 1 heterocycles. The molecule has 0 saturated heterocycles. The van der Waals surface area contributed by atoms with E-state index in [1.54, 1.807) is 20.0 Å². The maximum absolute atomic E-state index is 12.2. The summed E-state index contributed by atoms with van der Waals surface area (Å²) in [7, 11) is 1.64. The number of nitrogens with two attached hydrogens (primary N) is 1. The van der Waals surface area contributed by atoms with Gasteiger partial charge in [0.2, 0.25) is 0 Å². The molecule has 2 aromatic rings. The topological polar surface area (TPSA) is 70.0 Å². The highest BCUT2D eigenvalue weighted by atomic mass is 16.2. The fourth-order valence-corrected chi connectivity index (χ4v) is 2.04. The van der Waals surface area contributed by atoms with Gasteiger partial charge in [0.15, 0.2) is 0 Å². The molecule has 0 aliphatic carbocycles. The van der Waals surface area contributed by atoms with Crippen molar-refractivity contribution >= 4 is 10.9 Å². The minimum Gasteiger partial charge on any atom is -0.311 e. The van der Waals surface area contributed by atoms with Gasteiger partial charge < -0.3 is 5.73 Å². The molecule has 0 amide bonds. The van der Waals surface area contributed by atoms with Gasteiger partial charge in [0.1, 0.15) is 0 Å². The van der Waals surface area contributed by atoms with Crippen molar-refractivity contribution in [1.82, 2.24) is 9.13 Å². The third-order valence-corrected chi connectivity index (χ3v) is 2.95. The van der Waals surface area contributed by atoms with E-state index < -0.39 is 6.17 Å². The lowest BCUT2D eigenvalue weighted by molar-refractivity contribution is 0.511. The van der Waals surface area contributed by atoms with Crippen molar-refractivity contribution in [2.75, 3.05) is 0 Å². The summed E-state index contributed by atoms with van der Waals surface area (Å²) in [5, 5.41) is 0.548. The molecule has 1 unspecified atom stereocenters. The minimum atomic E-state index is -0.634. The summed E-state index contributed by atoms with van der Waals surface area (Å²) >= 11 is 0. The number of benzene rings is 1. The molecule has 5 nitrogen and oxygen atoms in total. The molecule has 0 bridgehead atoms. The standard InChI is InChI=1S/C12H15N3O2/c1-7-5-4-6-9-10(7)11(16)15(8(2)13)12(17)14(9)3/h4-6,8H,13H2,1-3H3. The molecule has 5 heteroatoms. The Morgan fingerprint density at radius 3 is 2.53 bits per heavy atom. The first-order valence-electron chi connectivity index (χ1n) is 5.41. The van der Waals surface area contributed by atoms with Gasteiger partial charge in [-0.25, -0.2) is 9.36 Å². The van der Waals surface area contributed by atoms with E-state index in [4.69, 9.17) is 5.73 Å². The lowest BCUT2D eigenvalue weighted by Crippen LogP contribution is -2.43. The van der Waals surface area contributed by atoms with E-state index in [1.165, 1.54) is 4.57 Å². The van der Waals surface area contributed by atoms with Crippen LogP contribution in [0.15, 0.2) is 27.8 Å². The number of rotatable bonds is 1.